The molecular weight excluding hydrogens is 366 g/mol. The van der Waals surface area contributed by atoms with Gasteiger partial charge in [0, 0.05) is 11.6 Å². The van der Waals surface area contributed by atoms with E-state index in [4.69, 9.17) is 5.11 Å². The van der Waals surface area contributed by atoms with Crippen molar-refractivity contribution in [2.24, 2.45) is 0 Å². The summed E-state index contributed by atoms with van der Waals surface area (Å²) in [5, 5.41) is 8.97. The van der Waals surface area contributed by atoms with Crippen LogP contribution in [0.5, 0.6) is 0 Å². The third kappa shape index (κ3) is 5.40. The lowest BCUT2D eigenvalue weighted by Gasteiger charge is -2.25. The highest BCUT2D eigenvalue weighted by Gasteiger charge is 2.22. The minimum atomic E-state index is -3.48. The van der Waals surface area contributed by atoms with Gasteiger partial charge >= 0.3 is 5.97 Å². The lowest BCUT2D eigenvalue weighted by Crippen LogP contribution is -2.40. The van der Waals surface area contributed by atoms with Crippen LogP contribution in [0.1, 0.15) is 35.3 Å². The molecule has 7 heteroatoms. The quantitative estimate of drug-likeness (QED) is 0.786. The molecule has 0 saturated heterocycles. The maximum absolute atomic E-state index is 12.5. The van der Waals surface area contributed by atoms with E-state index in [1.54, 1.807) is 50.2 Å². The number of carbonyl (C=O) groups excluding carboxylic acids is 1. The van der Waals surface area contributed by atoms with E-state index in [-0.39, 0.29) is 23.2 Å². The first-order valence-electron chi connectivity index (χ1n) is 8.51. The fraction of sp³-hybridized carbons (Fsp3) is 0.300. The molecule has 0 aliphatic rings. The number of carbonyl (C=O) groups is 2. The molecule has 0 atom stereocenters. The Morgan fingerprint density at radius 3 is 2.04 bits per heavy atom. The summed E-state index contributed by atoms with van der Waals surface area (Å²) < 4.78 is 25.0. The molecule has 0 bridgehead atoms. The van der Waals surface area contributed by atoms with Gasteiger partial charge in [-0.3, -0.25) is 9.59 Å². The molecule has 2 rings (SSSR count). The SMILES string of the molecule is Cc1ccc(S(=O)(=O)Cc2ccc(C(=O)N(CC(=O)O)C(C)C)cc2)cc1. The predicted octanol–water partition coefficient (Wildman–Crippen LogP) is 2.90. The number of carboxylic acid groups (broad SMARTS) is 1. The molecule has 6 nitrogen and oxygen atoms in total. The number of carboxylic acids is 1. The number of hydrogen-bond acceptors (Lipinski definition) is 4. The molecule has 0 aliphatic carbocycles. The van der Waals surface area contributed by atoms with Gasteiger partial charge in [-0.1, -0.05) is 29.8 Å². The summed E-state index contributed by atoms with van der Waals surface area (Å²) in [6.45, 7) is 4.98. The number of aryl methyl sites for hydroxylation is 1. The topological polar surface area (TPSA) is 91.8 Å². The largest absolute Gasteiger partial charge is 0.480 e. The molecule has 0 aliphatic heterocycles. The Hall–Kier alpha value is -2.67. The third-order valence-electron chi connectivity index (χ3n) is 4.13. The Labute approximate surface area is 159 Å². The smallest absolute Gasteiger partial charge is 0.323 e. The summed E-state index contributed by atoms with van der Waals surface area (Å²) in [6, 6.07) is 12.6. The summed E-state index contributed by atoms with van der Waals surface area (Å²) >= 11 is 0. The van der Waals surface area contributed by atoms with Gasteiger partial charge in [0.1, 0.15) is 6.54 Å². The number of nitrogens with zero attached hydrogens (tertiary/aromatic N) is 1. The van der Waals surface area contributed by atoms with Crippen LogP contribution in [-0.2, 0) is 20.4 Å². The third-order valence-corrected chi connectivity index (χ3v) is 5.83. The van der Waals surface area contributed by atoms with Crippen molar-refractivity contribution in [1.29, 1.82) is 0 Å². The molecule has 1 amide bonds. The zero-order chi connectivity index (χ0) is 20.2. The van der Waals surface area contributed by atoms with Crippen molar-refractivity contribution in [1.82, 2.24) is 4.90 Å². The van der Waals surface area contributed by atoms with E-state index in [1.807, 2.05) is 6.92 Å². The van der Waals surface area contributed by atoms with Crippen molar-refractivity contribution in [2.75, 3.05) is 6.54 Å². The van der Waals surface area contributed by atoms with Gasteiger partial charge in [-0.15, -0.1) is 0 Å². The van der Waals surface area contributed by atoms with E-state index in [0.717, 1.165) is 5.56 Å². The second-order valence-electron chi connectivity index (χ2n) is 6.69. The van der Waals surface area contributed by atoms with Crippen LogP contribution >= 0.6 is 0 Å². The van der Waals surface area contributed by atoms with Crippen LogP contribution in [0.4, 0.5) is 0 Å². The monoisotopic (exact) mass is 389 g/mol. The molecule has 0 saturated carbocycles. The van der Waals surface area contributed by atoms with Crippen LogP contribution in [0.3, 0.4) is 0 Å². The first kappa shape index (κ1) is 20.6. The maximum atomic E-state index is 12.5. The molecule has 0 spiro atoms. The molecule has 2 aromatic rings. The fourth-order valence-corrected chi connectivity index (χ4v) is 3.94. The summed E-state index contributed by atoms with van der Waals surface area (Å²) in [7, 11) is -3.48. The van der Waals surface area contributed by atoms with Crippen LogP contribution in [0.15, 0.2) is 53.4 Å². The summed E-state index contributed by atoms with van der Waals surface area (Å²) in [5.41, 5.74) is 1.86. The zero-order valence-electron chi connectivity index (χ0n) is 15.5. The molecule has 2 aromatic carbocycles. The molecule has 0 radical (unpaired) electrons. The lowest BCUT2D eigenvalue weighted by atomic mass is 10.1. The van der Waals surface area contributed by atoms with Gasteiger partial charge in [0.15, 0.2) is 9.84 Å². The molecular formula is C20H23NO5S. The first-order valence-corrected chi connectivity index (χ1v) is 10.2. The second kappa shape index (κ2) is 8.35. The van der Waals surface area contributed by atoms with Crippen molar-refractivity contribution in [3.63, 3.8) is 0 Å². The molecule has 0 fully saturated rings. The van der Waals surface area contributed by atoms with E-state index < -0.39 is 21.7 Å². The van der Waals surface area contributed by atoms with E-state index in [1.165, 1.54) is 17.0 Å². The van der Waals surface area contributed by atoms with E-state index >= 15 is 0 Å². The highest BCUT2D eigenvalue weighted by atomic mass is 32.2. The standard InChI is InChI=1S/C20H23NO5S/c1-14(2)21(12-19(22)23)20(24)17-8-6-16(7-9-17)13-27(25,26)18-10-4-15(3)5-11-18/h4-11,14H,12-13H2,1-3H3,(H,22,23). The van der Waals surface area contributed by atoms with Crippen LogP contribution in [-0.4, -0.2) is 42.9 Å². The average molecular weight is 389 g/mol. The van der Waals surface area contributed by atoms with Crippen molar-refractivity contribution in [2.45, 2.75) is 37.5 Å². The van der Waals surface area contributed by atoms with Crippen molar-refractivity contribution in [3.8, 4) is 0 Å². The summed E-state index contributed by atoms with van der Waals surface area (Å²) in [4.78, 5) is 25.0. The molecule has 1 N–H and O–H groups in total. The molecule has 0 unspecified atom stereocenters. The molecule has 144 valence electrons. The molecule has 0 aromatic heterocycles. The minimum absolute atomic E-state index is 0.173. The molecule has 27 heavy (non-hydrogen) atoms. The Bertz CT molecular complexity index is 916. The predicted molar refractivity (Wildman–Crippen MR) is 102 cm³/mol. The number of sulfone groups is 1. The van der Waals surface area contributed by atoms with Gasteiger partial charge in [0.2, 0.25) is 0 Å². The number of benzene rings is 2. The highest BCUT2D eigenvalue weighted by molar-refractivity contribution is 7.90. The number of rotatable bonds is 7. The van der Waals surface area contributed by atoms with Gasteiger partial charge < -0.3 is 10.0 Å². The Kier molecular flexibility index (Phi) is 6.38. The number of aliphatic carboxylic acids is 1. The summed E-state index contributed by atoms with van der Waals surface area (Å²) in [5.74, 6) is -1.66. The lowest BCUT2D eigenvalue weighted by molar-refractivity contribution is -0.138. The van der Waals surface area contributed by atoms with Crippen molar-refractivity contribution >= 4 is 21.7 Å². The van der Waals surface area contributed by atoms with Crippen LogP contribution in [0.2, 0.25) is 0 Å². The van der Waals surface area contributed by atoms with Gasteiger partial charge in [-0.2, -0.15) is 0 Å². The van der Waals surface area contributed by atoms with Gasteiger partial charge in [-0.05, 0) is 50.6 Å². The van der Waals surface area contributed by atoms with E-state index in [9.17, 15) is 18.0 Å². The zero-order valence-corrected chi connectivity index (χ0v) is 16.4. The minimum Gasteiger partial charge on any atom is -0.480 e. The average Bonchev–Trinajstić information content (AvgIpc) is 2.59. The van der Waals surface area contributed by atoms with Crippen molar-refractivity contribution in [3.05, 3.63) is 65.2 Å². The Balaban J connectivity index is 2.18. The van der Waals surface area contributed by atoms with E-state index in [2.05, 4.69) is 0 Å². The van der Waals surface area contributed by atoms with Crippen molar-refractivity contribution < 1.29 is 23.1 Å². The van der Waals surface area contributed by atoms with Gasteiger partial charge in [0.05, 0.1) is 10.6 Å². The number of amides is 1. The van der Waals surface area contributed by atoms with Crippen LogP contribution in [0.25, 0.3) is 0 Å². The fourth-order valence-electron chi connectivity index (χ4n) is 2.59. The van der Waals surface area contributed by atoms with Crippen LogP contribution in [0, 0.1) is 6.92 Å². The normalized spacial score (nSPS) is 11.4. The molecule has 0 heterocycles. The number of hydrogen-bond donors (Lipinski definition) is 1. The van der Waals surface area contributed by atoms with E-state index in [0.29, 0.717) is 11.1 Å². The Morgan fingerprint density at radius 2 is 1.56 bits per heavy atom. The maximum Gasteiger partial charge on any atom is 0.323 e. The van der Waals surface area contributed by atoms with Crippen LogP contribution < -0.4 is 0 Å². The summed E-state index contributed by atoms with van der Waals surface area (Å²) in [6.07, 6.45) is 0. The first-order chi connectivity index (χ1) is 12.6. The second-order valence-corrected chi connectivity index (χ2v) is 8.68. The van der Waals surface area contributed by atoms with Gasteiger partial charge in [0.25, 0.3) is 5.91 Å². The highest BCUT2D eigenvalue weighted by Crippen LogP contribution is 2.18. The Morgan fingerprint density at radius 1 is 1.00 bits per heavy atom. The van der Waals surface area contributed by atoms with Gasteiger partial charge in [-0.25, -0.2) is 8.42 Å².